The Balaban J connectivity index is 1.83. The summed E-state index contributed by atoms with van der Waals surface area (Å²) < 4.78 is 0. The topological polar surface area (TPSA) is 182 Å². The predicted molar refractivity (Wildman–Crippen MR) is 133 cm³/mol. The van der Waals surface area contributed by atoms with Crippen molar-refractivity contribution in [3.05, 3.63) is 27.7 Å². The number of carboxylic acids is 1. The van der Waals surface area contributed by atoms with Crippen molar-refractivity contribution < 1.29 is 38.7 Å². The van der Waals surface area contributed by atoms with Crippen LogP contribution in [0, 0.1) is 0 Å². The Bertz CT molecular complexity index is 1170. The van der Waals surface area contributed by atoms with E-state index in [1.165, 1.54) is 19.1 Å². The van der Waals surface area contributed by atoms with Crippen molar-refractivity contribution in [3.8, 4) is 0 Å². The molecule has 2 aliphatic heterocycles. The Morgan fingerprint density at radius 1 is 1.16 bits per heavy atom. The highest BCUT2D eigenvalue weighted by Gasteiger charge is 2.45. The number of nitrogens with one attached hydrogen (secondary N) is 3. The second-order valence-corrected chi connectivity index (χ2v) is 9.58. The van der Waals surface area contributed by atoms with Gasteiger partial charge in [-0.3, -0.25) is 33.8 Å². The van der Waals surface area contributed by atoms with E-state index in [1.54, 1.807) is 0 Å². The fourth-order valence-electron chi connectivity index (χ4n) is 4.25. The zero-order valence-corrected chi connectivity index (χ0v) is 21.7. The van der Waals surface area contributed by atoms with E-state index in [0.29, 0.717) is 6.42 Å². The van der Waals surface area contributed by atoms with Crippen molar-refractivity contribution in [2.24, 2.45) is 0 Å². The number of hydrazine groups is 1. The minimum Gasteiger partial charge on any atom is -0.481 e. The molecule has 1 aromatic carbocycles. The van der Waals surface area contributed by atoms with E-state index in [0.717, 1.165) is 10.0 Å². The summed E-state index contributed by atoms with van der Waals surface area (Å²) >= 11 is 12.3. The summed E-state index contributed by atoms with van der Waals surface area (Å²) in [6, 6.07) is -1.20. The monoisotopic (exact) mass is 569 g/mol. The number of hydrogen-bond acceptors (Lipinski definition) is 7. The molecule has 13 nitrogen and oxygen atoms in total. The second-order valence-electron chi connectivity index (χ2n) is 8.77. The molecule has 38 heavy (non-hydrogen) atoms. The number of fused-ring (bicyclic) bond motifs is 1. The third-order valence-electron chi connectivity index (χ3n) is 5.96. The molecule has 3 rings (SSSR count). The molecule has 0 saturated carbocycles. The number of anilines is 1. The molecule has 5 amide bonds. The van der Waals surface area contributed by atoms with Crippen LogP contribution in [-0.2, 0) is 28.8 Å². The molecule has 1 aromatic rings. The Labute approximate surface area is 226 Å². The van der Waals surface area contributed by atoms with Gasteiger partial charge in [-0.1, -0.05) is 23.2 Å². The average molecular weight is 570 g/mol. The van der Waals surface area contributed by atoms with Crippen molar-refractivity contribution in [2.75, 3.05) is 11.9 Å². The standard InChI is InChI=1S/C23H25Cl2N5O8/c1-11(32)26-20-14(24)7-12(8-15(20)25)21(36)28-16-4-5-18(33)29-6-2-3-17(30(29)23(16)38)22(37)27-13(10-31)9-19(34)35/h7-8,10,13,16-17H,2-6,9H2,1H3,(H,26,32)(H,27,37)(H,28,36)(H,34,35)/t13-,16?,17-/m0/s1. The lowest BCUT2D eigenvalue weighted by molar-refractivity contribution is -0.176. The smallest absolute Gasteiger partial charge is 0.305 e. The number of carbonyl (C=O) groups excluding carboxylic acids is 6. The first-order valence-corrected chi connectivity index (χ1v) is 12.4. The molecule has 0 spiro atoms. The second kappa shape index (κ2) is 12.2. The molecule has 204 valence electrons. The molecule has 0 aromatic heterocycles. The highest BCUT2D eigenvalue weighted by atomic mass is 35.5. The number of amides is 5. The summed E-state index contributed by atoms with van der Waals surface area (Å²) in [5, 5.41) is 18.3. The Kier molecular flexibility index (Phi) is 9.28. The normalized spacial score (nSPS) is 20.1. The first-order valence-electron chi connectivity index (χ1n) is 11.6. The maximum absolute atomic E-state index is 13.5. The minimum atomic E-state index is -1.32. The van der Waals surface area contributed by atoms with Crippen LogP contribution in [0.5, 0.6) is 0 Å². The van der Waals surface area contributed by atoms with Gasteiger partial charge in [-0.05, 0) is 31.4 Å². The van der Waals surface area contributed by atoms with E-state index >= 15 is 0 Å². The van der Waals surface area contributed by atoms with Crippen LogP contribution >= 0.6 is 23.2 Å². The Morgan fingerprint density at radius 2 is 1.82 bits per heavy atom. The Morgan fingerprint density at radius 3 is 2.39 bits per heavy atom. The number of carboxylic acid groups (broad SMARTS) is 1. The molecule has 2 saturated heterocycles. The maximum Gasteiger partial charge on any atom is 0.305 e. The molecular formula is C23H25Cl2N5O8. The summed E-state index contributed by atoms with van der Waals surface area (Å²) in [6.45, 7) is 1.42. The van der Waals surface area contributed by atoms with Crippen molar-refractivity contribution in [2.45, 2.75) is 57.2 Å². The van der Waals surface area contributed by atoms with Gasteiger partial charge in [0.15, 0.2) is 0 Å². The SMILES string of the molecule is CC(=O)Nc1c(Cl)cc(C(=O)NC2CCC(=O)N3CCC[C@@H](C(=O)N[C@H](C=O)CC(=O)O)N3C2=O)cc1Cl. The lowest BCUT2D eigenvalue weighted by atomic mass is 10.0. The van der Waals surface area contributed by atoms with Crippen molar-refractivity contribution in [1.29, 1.82) is 0 Å². The summed E-state index contributed by atoms with van der Waals surface area (Å²) in [7, 11) is 0. The van der Waals surface area contributed by atoms with Crippen LogP contribution in [0.4, 0.5) is 5.69 Å². The minimum absolute atomic E-state index is 0.00902. The molecule has 2 heterocycles. The average Bonchev–Trinajstić information content (AvgIpc) is 2.97. The molecule has 4 N–H and O–H groups in total. The van der Waals surface area contributed by atoms with Gasteiger partial charge < -0.3 is 25.9 Å². The first-order chi connectivity index (χ1) is 17.9. The van der Waals surface area contributed by atoms with Crippen LogP contribution in [0.1, 0.15) is 49.4 Å². The quantitative estimate of drug-likeness (QED) is 0.330. The number of aliphatic carboxylic acids is 1. The molecule has 0 bridgehead atoms. The molecule has 0 aliphatic carbocycles. The van der Waals surface area contributed by atoms with Gasteiger partial charge >= 0.3 is 5.97 Å². The van der Waals surface area contributed by atoms with Crippen molar-refractivity contribution in [1.82, 2.24) is 20.7 Å². The van der Waals surface area contributed by atoms with Crippen LogP contribution in [0.15, 0.2) is 12.1 Å². The summed E-state index contributed by atoms with van der Waals surface area (Å²) in [4.78, 5) is 85.8. The molecule has 2 fully saturated rings. The van der Waals surface area contributed by atoms with E-state index in [9.17, 15) is 33.6 Å². The zero-order chi connectivity index (χ0) is 28.1. The van der Waals surface area contributed by atoms with Gasteiger partial charge in [0.2, 0.25) is 17.7 Å². The van der Waals surface area contributed by atoms with E-state index in [1.807, 2.05) is 0 Å². The number of nitrogens with zero attached hydrogens (tertiary/aromatic N) is 2. The van der Waals surface area contributed by atoms with Gasteiger partial charge in [0.25, 0.3) is 11.8 Å². The van der Waals surface area contributed by atoms with Crippen molar-refractivity contribution in [3.63, 3.8) is 0 Å². The lowest BCUT2D eigenvalue weighted by Crippen LogP contribution is -2.64. The largest absolute Gasteiger partial charge is 0.481 e. The van der Waals surface area contributed by atoms with Crippen LogP contribution in [0.3, 0.4) is 0 Å². The van der Waals surface area contributed by atoms with Crippen molar-refractivity contribution >= 4 is 70.7 Å². The van der Waals surface area contributed by atoms with Crippen LogP contribution < -0.4 is 16.0 Å². The fourth-order valence-corrected chi connectivity index (χ4v) is 4.83. The number of aldehydes is 1. The van der Waals surface area contributed by atoms with Crippen LogP contribution in [-0.4, -0.2) is 81.6 Å². The highest BCUT2D eigenvalue weighted by Crippen LogP contribution is 2.32. The van der Waals surface area contributed by atoms with Gasteiger partial charge in [-0.25, -0.2) is 5.01 Å². The number of halogens is 2. The molecule has 0 radical (unpaired) electrons. The molecule has 15 heteroatoms. The van der Waals surface area contributed by atoms with E-state index in [-0.39, 0.29) is 53.4 Å². The summed E-state index contributed by atoms with van der Waals surface area (Å²) in [5.41, 5.74) is 0.104. The van der Waals surface area contributed by atoms with E-state index in [2.05, 4.69) is 16.0 Å². The van der Waals surface area contributed by atoms with Gasteiger partial charge in [-0.15, -0.1) is 0 Å². The molecule has 2 aliphatic rings. The summed E-state index contributed by atoms with van der Waals surface area (Å²) in [5.74, 6) is -4.42. The third kappa shape index (κ3) is 6.58. The highest BCUT2D eigenvalue weighted by molar-refractivity contribution is 6.40. The van der Waals surface area contributed by atoms with E-state index < -0.39 is 60.1 Å². The number of benzene rings is 1. The van der Waals surface area contributed by atoms with Gasteiger partial charge in [0.1, 0.15) is 18.4 Å². The van der Waals surface area contributed by atoms with Gasteiger partial charge in [-0.2, -0.15) is 0 Å². The summed E-state index contributed by atoms with van der Waals surface area (Å²) in [6.07, 6.45) is 0.0116. The Hall–Kier alpha value is -3.71. The lowest BCUT2D eigenvalue weighted by Gasteiger charge is -2.43. The van der Waals surface area contributed by atoms with Crippen LogP contribution in [0.2, 0.25) is 10.0 Å². The van der Waals surface area contributed by atoms with Gasteiger partial charge in [0.05, 0.1) is 28.2 Å². The molecular weight excluding hydrogens is 545 g/mol. The number of carbonyl (C=O) groups is 7. The molecule has 1 unspecified atom stereocenters. The van der Waals surface area contributed by atoms with E-state index in [4.69, 9.17) is 28.3 Å². The maximum atomic E-state index is 13.5. The number of hydrogen-bond donors (Lipinski definition) is 4. The zero-order valence-electron chi connectivity index (χ0n) is 20.2. The first kappa shape index (κ1) is 28.9. The predicted octanol–water partition coefficient (Wildman–Crippen LogP) is 0.737. The number of rotatable bonds is 8. The van der Waals surface area contributed by atoms with Gasteiger partial charge in [0, 0.05) is 25.5 Å². The van der Waals surface area contributed by atoms with Crippen LogP contribution in [0.25, 0.3) is 0 Å². The molecule has 3 atom stereocenters. The fraction of sp³-hybridized carbons (Fsp3) is 0.435. The third-order valence-corrected chi connectivity index (χ3v) is 6.56.